The van der Waals surface area contributed by atoms with Gasteiger partial charge < -0.3 is 5.32 Å². The number of benzene rings is 1. The molecule has 0 aliphatic heterocycles. The Morgan fingerprint density at radius 2 is 2.04 bits per heavy atom. The van der Waals surface area contributed by atoms with Gasteiger partial charge in [0.2, 0.25) is 5.91 Å². The van der Waals surface area contributed by atoms with Gasteiger partial charge >= 0.3 is 0 Å². The van der Waals surface area contributed by atoms with Crippen LogP contribution in [0.15, 0.2) is 72.7 Å². The Bertz CT molecular complexity index is 864. The standard InChI is InChI=1S/C19H19N5OS/c1-2-11-24-18(16-9-6-10-20-13-16)22-23-19(24)26-14-17(25)21-12-15-7-4-3-5-8-15/h2-10,13H,1,11-12,14H2,(H,21,25). The Hall–Kier alpha value is -2.93. The van der Waals surface area contributed by atoms with Crippen molar-refractivity contribution >= 4 is 17.7 Å². The molecular weight excluding hydrogens is 346 g/mol. The molecule has 3 aromatic rings. The Kier molecular flexibility index (Phi) is 6.16. The quantitative estimate of drug-likeness (QED) is 0.491. The fourth-order valence-corrected chi connectivity index (χ4v) is 3.15. The lowest BCUT2D eigenvalue weighted by Crippen LogP contribution is -2.24. The summed E-state index contributed by atoms with van der Waals surface area (Å²) in [5.74, 6) is 0.940. The zero-order valence-corrected chi connectivity index (χ0v) is 15.0. The van der Waals surface area contributed by atoms with E-state index in [2.05, 4.69) is 27.1 Å². The van der Waals surface area contributed by atoms with Crippen molar-refractivity contribution in [3.05, 3.63) is 73.1 Å². The Balaban J connectivity index is 1.63. The second-order valence-corrected chi connectivity index (χ2v) is 6.44. The van der Waals surface area contributed by atoms with Crippen molar-refractivity contribution in [2.75, 3.05) is 5.75 Å². The largest absolute Gasteiger partial charge is 0.351 e. The highest BCUT2D eigenvalue weighted by atomic mass is 32.2. The van der Waals surface area contributed by atoms with Crippen LogP contribution in [0, 0.1) is 0 Å². The third-order valence-corrected chi connectivity index (χ3v) is 4.58. The van der Waals surface area contributed by atoms with Gasteiger partial charge in [-0.2, -0.15) is 0 Å². The van der Waals surface area contributed by atoms with E-state index in [4.69, 9.17) is 0 Å². The van der Waals surface area contributed by atoms with Gasteiger partial charge in [-0.3, -0.25) is 14.3 Å². The zero-order chi connectivity index (χ0) is 18.2. The van der Waals surface area contributed by atoms with Crippen LogP contribution in [0.1, 0.15) is 5.56 Å². The van der Waals surface area contributed by atoms with E-state index in [9.17, 15) is 4.79 Å². The second kappa shape index (κ2) is 8.96. The topological polar surface area (TPSA) is 72.7 Å². The van der Waals surface area contributed by atoms with Gasteiger partial charge in [-0.1, -0.05) is 48.2 Å². The maximum absolute atomic E-state index is 12.1. The van der Waals surface area contributed by atoms with E-state index in [1.54, 1.807) is 18.5 Å². The van der Waals surface area contributed by atoms with Gasteiger partial charge in [0, 0.05) is 31.0 Å². The lowest BCUT2D eigenvalue weighted by molar-refractivity contribution is -0.118. The van der Waals surface area contributed by atoms with Crippen molar-refractivity contribution in [2.24, 2.45) is 0 Å². The Morgan fingerprint density at radius 3 is 2.77 bits per heavy atom. The van der Waals surface area contributed by atoms with Crippen LogP contribution in [-0.4, -0.2) is 31.4 Å². The summed E-state index contributed by atoms with van der Waals surface area (Å²) in [6.07, 6.45) is 5.23. The van der Waals surface area contributed by atoms with Crippen molar-refractivity contribution < 1.29 is 4.79 Å². The molecule has 26 heavy (non-hydrogen) atoms. The molecule has 2 aromatic heterocycles. The molecule has 1 N–H and O–H groups in total. The van der Waals surface area contributed by atoms with Crippen molar-refractivity contribution in [2.45, 2.75) is 18.2 Å². The number of nitrogens with one attached hydrogen (secondary N) is 1. The fraction of sp³-hybridized carbons (Fsp3) is 0.158. The number of carbonyl (C=O) groups is 1. The molecule has 0 saturated heterocycles. The number of allylic oxidation sites excluding steroid dienone is 1. The first-order chi connectivity index (χ1) is 12.8. The number of rotatable bonds is 8. The van der Waals surface area contributed by atoms with E-state index >= 15 is 0 Å². The van der Waals surface area contributed by atoms with Gasteiger partial charge in [-0.05, 0) is 17.7 Å². The molecule has 0 atom stereocenters. The predicted molar refractivity (Wildman–Crippen MR) is 102 cm³/mol. The highest BCUT2D eigenvalue weighted by Crippen LogP contribution is 2.23. The van der Waals surface area contributed by atoms with Gasteiger partial charge in [0.05, 0.1) is 5.75 Å². The summed E-state index contributed by atoms with van der Waals surface area (Å²) in [7, 11) is 0. The van der Waals surface area contributed by atoms with E-state index in [-0.39, 0.29) is 11.7 Å². The first kappa shape index (κ1) is 17.9. The zero-order valence-electron chi connectivity index (χ0n) is 14.2. The molecule has 132 valence electrons. The highest BCUT2D eigenvalue weighted by Gasteiger charge is 2.14. The lowest BCUT2D eigenvalue weighted by atomic mass is 10.2. The first-order valence-electron chi connectivity index (χ1n) is 8.16. The normalized spacial score (nSPS) is 10.5. The van der Waals surface area contributed by atoms with E-state index in [1.165, 1.54) is 11.8 Å². The summed E-state index contributed by atoms with van der Waals surface area (Å²) in [6.45, 7) is 4.86. The van der Waals surface area contributed by atoms with Crippen LogP contribution in [0.2, 0.25) is 0 Å². The number of amides is 1. The van der Waals surface area contributed by atoms with Crippen molar-refractivity contribution in [3.63, 3.8) is 0 Å². The summed E-state index contributed by atoms with van der Waals surface area (Å²) in [6, 6.07) is 13.6. The minimum Gasteiger partial charge on any atom is -0.351 e. The van der Waals surface area contributed by atoms with Crippen LogP contribution in [0.5, 0.6) is 0 Å². The maximum Gasteiger partial charge on any atom is 0.230 e. The van der Waals surface area contributed by atoms with Crippen molar-refractivity contribution in [1.29, 1.82) is 0 Å². The predicted octanol–water partition coefficient (Wildman–Crippen LogP) is 2.93. The number of hydrogen-bond donors (Lipinski definition) is 1. The lowest BCUT2D eigenvalue weighted by Gasteiger charge is -2.08. The number of hydrogen-bond acceptors (Lipinski definition) is 5. The maximum atomic E-state index is 12.1. The van der Waals surface area contributed by atoms with E-state index in [0.29, 0.717) is 24.1 Å². The molecule has 0 bridgehead atoms. The van der Waals surface area contributed by atoms with Crippen LogP contribution in [-0.2, 0) is 17.9 Å². The van der Waals surface area contributed by atoms with E-state index in [0.717, 1.165) is 11.1 Å². The summed E-state index contributed by atoms with van der Waals surface area (Å²) < 4.78 is 1.93. The molecule has 6 nitrogen and oxygen atoms in total. The van der Waals surface area contributed by atoms with Gasteiger partial charge in [0.1, 0.15) is 0 Å². The second-order valence-electron chi connectivity index (χ2n) is 5.50. The molecule has 3 rings (SSSR count). The van der Waals surface area contributed by atoms with Gasteiger partial charge in [-0.15, -0.1) is 16.8 Å². The highest BCUT2D eigenvalue weighted by molar-refractivity contribution is 7.99. The summed E-state index contributed by atoms with van der Waals surface area (Å²) >= 11 is 1.35. The van der Waals surface area contributed by atoms with E-state index in [1.807, 2.05) is 47.0 Å². The molecule has 0 spiro atoms. The average Bonchev–Trinajstić information content (AvgIpc) is 3.09. The minimum atomic E-state index is -0.0464. The molecule has 0 radical (unpaired) electrons. The SMILES string of the molecule is C=CCn1c(SCC(=O)NCc2ccccc2)nnc1-c1cccnc1. The van der Waals surface area contributed by atoms with Crippen LogP contribution >= 0.6 is 11.8 Å². The number of thioether (sulfide) groups is 1. The number of nitrogens with zero attached hydrogens (tertiary/aromatic N) is 4. The van der Waals surface area contributed by atoms with Crippen molar-refractivity contribution in [3.8, 4) is 11.4 Å². The smallest absolute Gasteiger partial charge is 0.230 e. The molecule has 2 heterocycles. The molecule has 0 aliphatic carbocycles. The Morgan fingerprint density at radius 1 is 1.19 bits per heavy atom. The third-order valence-electron chi connectivity index (χ3n) is 3.61. The molecule has 7 heteroatoms. The fourth-order valence-electron chi connectivity index (χ4n) is 2.38. The van der Waals surface area contributed by atoms with Crippen LogP contribution < -0.4 is 5.32 Å². The molecule has 0 aliphatic rings. The molecule has 0 saturated carbocycles. The number of aromatic nitrogens is 4. The molecule has 0 unspecified atom stereocenters. The minimum absolute atomic E-state index is 0.0464. The molecular formula is C19H19N5OS. The summed E-state index contributed by atoms with van der Waals surface area (Å²) in [5, 5.41) is 12.1. The molecule has 0 fully saturated rings. The summed E-state index contributed by atoms with van der Waals surface area (Å²) in [5.41, 5.74) is 1.95. The number of pyridine rings is 1. The van der Waals surface area contributed by atoms with Crippen molar-refractivity contribution in [1.82, 2.24) is 25.1 Å². The van der Waals surface area contributed by atoms with Gasteiger partial charge in [-0.25, -0.2) is 0 Å². The first-order valence-corrected chi connectivity index (χ1v) is 9.14. The van der Waals surface area contributed by atoms with Gasteiger partial charge in [0.25, 0.3) is 0 Å². The van der Waals surface area contributed by atoms with Crippen LogP contribution in [0.4, 0.5) is 0 Å². The third kappa shape index (κ3) is 4.58. The van der Waals surface area contributed by atoms with Crippen LogP contribution in [0.3, 0.4) is 0 Å². The monoisotopic (exact) mass is 365 g/mol. The molecule has 1 amide bonds. The van der Waals surface area contributed by atoms with E-state index < -0.39 is 0 Å². The number of carbonyl (C=O) groups excluding carboxylic acids is 1. The van der Waals surface area contributed by atoms with Crippen LogP contribution in [0.25, 0.3) is 11.4 Å². The van der Waals surface area contributed by atoms with Gasteiger partial charge in [0.15, 0.2) is 11.0 Å². The Labute approximate surface area is 156 Å². The molecule has 1 aromatic carbocycles. The average molecular weight is 365 g/mol. The summed E-state index contributed by atoms with van der Waals surface area (Å²) in [4.78, 5) is 16.2.